The first kappa shape index (κ1) is 20.5. The number of carbonyl (C=O) groups is 1. The van der Waals surface area contributed by atoms with Crippen LogP contribution in [0, 0.1) is 0 Å². The number of hydrogen-bond acceptors (Lipinski definition) is 4. The summed E-state index contributed by atoms with van der Waals surface area (Å²) in [6.45, 7) is 4.92. The van der Waals surface area contributed by atoms with Crippen LogP contribution in [0.4, 0.5) is 0 Å². The number of rotatable bonds is 11. The molecule has 27 heavy (non-hydrogen) atoms. The third kappa shape index (κ3) is 7.94. The van der Waals surface area contributed by atoms with Crippen LogP contribution in [-0.2, 0) is 11.2 Å². The molecule has 144 valence electrons. The van der Waals surface area contributed by atoms with Gasteiger partial charge in [-0.1, -0.05) is 38.8 Å². The molecule has 0 unspecified atom stereocenters. The van der Waals surface area contributed by atoms with Crippen molar-refractivity contribution < 1.29 is 14.3 Å². The smallest absolute Gasteiger partial charge is 0.277 e. The van der Waals surface area contributed by atoms with Crippen molar-refractivity contribution in [2.45, 2.75) is 39.5 Å². The zero-order valence-corrected chi connectivity index (χ0v) is 16.1. The van der Waals surface area contributed by atoms with E-state index >= 15 is 0 Å². The maximum absolute atomic E-state index is 11.8. The molecule has 0 spiro atoms. The average molecular weight is 368 g/mol. The molecule has 0 fully saturated rings. The van der Waals surface area contributed by atoms with Crippen molar-refractivity contribution in [3.63, 3.8) is 0 Å². The van der Waals surface area contributed by atoms with Gasteiger partial charge in [-0.05, 0) is 60.4 Å². The maximum Gasteiger partial charge on any atom is 0.277 e. The maximum atomic E-state index is 11.8. The Morgan fingerprint density at radius 2 is 1.63 bits per heavy atom. The number of amides is 1. The summed E-state index contributed by atoms with van der Waals surface area (Å²) in [7, 11) is 0. The summed E-state index contributed by atoms with van der Waals surface area (Å²) in [5.41, 5.74) is 4.57. The van der Waals surface area contributed by atoms with Crippen molar-refractivity contribution >= 4 is 12.1 Å². The van der Waals surface area contributed by atoms with E-state index in [1.165, 1.54) is 18.4 Å². The molecule has 0 atom stereocenters. The Kier molecular flexibility index (Phi) is 8.90. The van der Waals surface area contributed by atoms with Crippen molar-refractivity contribution in [3.8, 4) is 11.5 Å². The van der Waals surface area contributed by atoms with Gasteiger partial charge in [-0.3, -0.25) is 4.79 Å². The summed E-state index contributed by atoms with van der Waals surface area (Å²) in [5, 5.41) is 3.95. The molecule has 1 N–H and O–H groups in total. The molecule has 5 nitrogen and oxygen atoms in total. The average Bonchev–Trinajstić information content (AvgIpc) is 2.71. The van der Waals surface area contributed by atoms with Crippen LogP contribution in [0.25, 0.3) is 0 Å². The van der Waals surface area contributed by atoms with Gasteiger partial charge in [0.2, 0.25) is 0 Å². The number of aryl methyl sites for hydroxylation is 1. The fraction of sp³-hybridized carbons (Fsp3) is 0.364. The third-order valence-corrected chi connectivity index (χ3v) is 4.00. The number of unbranched alkanes of at least 4 members (excludes halogenated alkanes) is 2. The largest absolute Gasteiger partial charge is 0.494 e. The summed E-state index contributed by atoms with van der Waals surface area (Å²) in [4.78, 5) is 11.8. The predicted molar refractivity (Wildman–Crippen MR) is 109 cm³/mol. The predicted octanol–water partition coefficient (Wildman–Crippen LogP) is 4.35. The topological polar surface area (TPSA) is 59.9 Å². The molecule has 0 aliphatic heterocycles. The highest BCUT2D eigenvalue weighted by molar-refractivity contribution is 5.83. The van der Waals surface area contributed by atoms with Gasteiger partial charge < -0.3 is 9.47 Å². The lowest BCUT2D eigenvalue weighted by atomic mass is 10.2. The van der Waals surface area contributed by atoms with Crippen molar-refractivity contribution in [2.24, 2.45) is 5.10 Å². The molecule has 0 radical (unpaired) electrons. The van der Waals surface area contributed by atoms with E-state index in [-0.39, 0.29) is 12.5 Å². The van der Waals surface area contributed by atoms with Gasteiger partial charge in [-0.15, -0.1) is 0 Å². The molecular weight excluding hydrogens is 340 g/mol. The van der Waals surface area contributed by atoms with Gasteiger partial charge in [0, 0.05) is 0 Å². The SMILES string of the molecule is CCCCCOc1ccc(C=NNC(=O)COc2ccc(CC)cc2)cc1. The van der Waals surface area contributed by atoms with E-state index in [1.54, 1.807) is 6.21 Å². The van der Waals surface area contributed by atoms with Crippen LogP contribution in [-0.4, -0.2) is 25.3 Å². The van der Waals surface area contributed by atoms with Gasteiger partial charge in [-0.2, -0.15) is 5.10 Å². The summed E-state index contributed by atoms with van der Waals surface area (Å²) < 4.78 is 11.1. The second-order valence-electron chi connectivity index (χ2n) is 6.20. The molecule has 0 saturated heterocycles. The molecule has 1 amide bonds. The Hall–Kier alpha value is -2.82. The monoisotopic (exact) mass is 368 g/mol. The number of benzene rings is 2. The van der Waals surface area contributed by atoms with E-state index < -0.39 is 0 Å². The molecular formula is C22H28N2O3. The first-order valence-corrected chi connectivity index (χ1v) is 9.47. The lowest BCUT2D eigenvalue weighted by molar-refractivity contribution is -0.123. The van der Waals surface area contributed by atoms with Crippen molar-refractivity contribution in [1.82, 2.24) is 5.43 Å². The molecule has 0 saturated carbocycles. The fourth-order valence-corrected chi connectivity index (χ4v) is 2.37. The van der Waals surface area contributed by atoms with Gasteiger partial charge in [0.1, 0.15) is 11.5 Å². The number of hydrogen-bond donors (Lipinski definition) is 1. The number of nitrogens with zero attached hydrogens (tertiary/aromatic N) is 1. The summed E-state index contributed by atoms with van der Waals surface area (Å²) in [6.07, 6.45) is 5.99. The molecule has 0 aromatic heterocycles. The molecule has 0 bridgehead atoms. The Morgan fingerprint density at radius 3 is 2.30 bits per heavy atom. The van der Waals surface area contributed by atoms with Gasteiger partial charge >= 0.3 is 0 Å². The van der Waals surface area contributed by atoms with E-state index in [9.17, 15) is 4.79 Å². The molecule has 0 heterocycles. The number of carbonyl (C=O) groups excluding carboxylic acids is 1. The van der Waals surface area contributed by atoms with Crippen LogP contribution in [0.3, 0.4) is 0 Å². The standard InChI is InChI=1S/C22H28N2O3/c1-3-5-6-15-26-20-13-9-19(10-14-20)16-23-24-22(25)17-27-21-11-7-18(4-2)8-12-21/h7-14,16H,3-6,15,17H2,1-2H3,(H,24,25). The Morgan fingerprint density at radius 1 is 0.963 bits per heavy atom. The Balaban J connectivity index is 1.69. The quantitative estimate of drug-likeness (QED) is 0.364. The second-order valence-corrected chi connectivity index (χ2v) is 6.20. The zero-order valence-electron chi connectivity index (χ0n) is 16.1. The van der Waals surface area contributed by atoms with Gasteiger partial charge in [-0.25, -0.2) is 5.43 Å². The number of nitrogens with one attached hydrogen (secondary N) is 1. The van der Waals surface area contributed by atoms with Crippen LogP contribution in [0.2, 0.25) is 0 Å². The molecule has 2 rings (SSSR count). The third-order valence-electron chi connectivity index (χ3n) is 4.00. The summed E-state index contributed by atoms with van der Waals surface area (Å²) in [5.74, 6) is 1.21. The first-order valence-electron chi connectivity index (χ1n) is 9.47. The molecule has 2 aromatic rings. The van der Waals surface area contributed by atoms with E-state index in [0.717, 1.165) is 30.8 Å². The van der Waals surface area contributed by atoms with Gasteiger partial charge in [0.15, 0.2) is 6.61 Å². The van der Waals surface area contributed by atoms with Crippen LogP contribution in [0.5, 0.6) is 11.5 Å². The van der Waals surface area contributed by atoms with E-state index in [0.29, 0.717) is 5.75 Å². The normalized spacial score (nSPS) is 10.7. The van der Waals surface area contributed by atoms with E-state index in [2.05, 4.69) is 24.4 Å². The zero-order chi connectivity index (χ0) is 19.3. The van der Waals surface area contributed by atoms with Crippen LogP contribution >= 0.6 is 0 Å². The summed E-state index contributed by atoms with van der Waals surface area (Å²) >= 11 is 0. The molecule has 0 aliphatic carbocycles. The van der Waals surface area contributed by atoms with Gasteiger partial charge in [0.25, 0.3) is 5.91 Å². The van der Waals surface area contributed by atoms with Crippen LogP contribution in [0.15, 0.2) is 53.6 Å². The van der Waals surface area contributed by atoms with Crippen molar-refractivity contribution in [3.05, 3.63) is 59.7 Å². The lowest BCUT2D eigenvalue weighted by Crippen LogP contribution is -2.24. The minimum Gasteiger partial charge on any atom is -0.494 e. The van der Waals surface area contributed by atoms with E-state index in [4.69, 9.17) is 9.47 Å². The minimum absolute atomic E-state index is 0.0760. The van der Waals surface area contributed by atoms with Crippen molar-refractivity contribution in [1.29, 1.82) is 0 Å². The highest BCUT2D eigenvalue weighted by Gasteiger charge is 2.01. The number of hydrazone groups is 1. The van der Waals surface area contributed by atoms with Gasteiger partial charge in [0.05, 0.1) is 12.8 Å². The number of ether oxygens (including phenoxy) is 2. The minimum atomic E-state index is -0.304. The fourth-order valence-electron chi connectivity index (χ4n) is 2.37. The summed E-state index contributed by atoms with van der Waals surface area (Å²) in [6, 6.07) is 15.3. The first-order chi connectivity index (χ1) is 13.2. The van der Waals surface area contributed by atoms with Crippen LogP contribution < -0.4 is 14.9 Å². The second kappa shape index (κ2) is 11.7. The highest BCUT2D eigenvalue weighted by atomic mass is 16.5. The van der Waals surface area contributed by atoms with Crippen LogP contribution in [0.1, 0.15) is 44.2 Å². The highest BCUT2D eigenvalue weighted by Crippen LogP contribution is 2.13. The Labute approximate surface area is 161 Å². The van der Waals surface area contributed by atoms with Crippen molar-refractivity contribution in [2.75, 3.05) is 13.2 Å². The molecule has 2 aromatic carbocycles. The molecule has 0 aliphatic rings. The molecule has 5 heteroatoms. The van der Waals surface area contributed by atoms with E-state index in [1.807, 2.05) is 48.5 Å². The Bertz CT molecular complexity index is 709. The lowest BCUT2D eigenvalue weighted by Gasteiger charge is -2.06.